The zero-order chi connectivity index (χ0) is 13.0. The summed E-state index contributed by atoms with van der Waals surface area (Å²) in [5, 5.41) is 11.8. The normalized spacial score (nSPS) is 23.6. The fourth-order valence-corrected chi connectivity index (χ4v) is 3.21. The molecular formula is C12H18N4OS. The molecule has 1 fully saturated rings. The highest BCUT2D eigenvalue weighted by molar-refractivity contribution is 7.99. The number of anilines is 1. The molecule has 3 N–H and O–H groups in total. The Morgan fingerprint density at radius 3 is 2.78 bits per heavy atom. The molecule has 2 unspecified atom stereocenters. The van der Waals surface area contributed by atoms with Crippen molar-refractivity contribution in [1.82, 2.24) is 10.2 Å². The van der Waals surface area contributed by atoms with Crippen LogP contribution in [0.2, 0.25) is 0 Å². The third-order valence-corrected chi connectivity index (χ3v) is 4.43. The molecule has 2 atom stereocenters. The van der Waals surface area contributed by atoms with Gasteiger partial charge in [0.2, 0.25) is 0 Å². The van der Waals surface area contributed by atoms with Gasteiger partial charge >= 0.3 is 0 Å². The Balaban J connectivity index is 2.01. The van der Waals surface area contributed by atoms with E-state index in [0.29, 0.717) is 17.1 Å². The highest BCUT2D eigenvalue weighted by Gasteiger charge is 2.24. The Labute approximate surface area is 111 Å². The Kier molecular flexibility index (Phi) is 4.41. The first kappa shape index (κ1) is 13.1. The van der Waals surface area contributed by atoms with Crippen LogP contribution < -0.4 is 11.1 Å². The second-order valence-electron chi connectivity index (χ2n) is 4.48. The number of aromatic nitrogens is 2. The SMILES string of the molecule is CSC1CCCCC1Nc1ccc(C(N)=O)nn1. The zero-order valence-corrected chi connectivity index (χ0v) is 11.2. The van der Waals surface area contributed by atoms with Gasteiger partial charge in [-0.1, -0.05) is 12.8 Å². The van der Waals surface area contributed by atoms with E-state index in [1.54, 1.807) is 12.1 Å². The Morgan fingerprint density at radius 1 is 1.39 bits per heavy atom. The van der Waals surface area contributed by atoms with E-state index >= 15 is 0 Å². The lowest BCUT2D eigenvalue weighted by Crippen LogP contribution is -2.34. The highest BCUT2D eigenvalue weighted by Crippen LogP contribution is 2.28. The minimum atomic E-state index is -0.547. The number of carbonyl (C=O) groups excluding carboxylic acids is 1. The third-order valence-electron chi connectivity index (χ3n) is 3.26. The number of nitrogens with zero attached hydrogens (tertiary/aromatic N) is 2. The summed E-state index contributed by atoms with van der Waals surface area (Å²) >= 11 is 1.90. The largest absolute Gasteiger partial charge is 0.365 e. The van der Waals surface area contributed by atoms with Gasteiger partial charge in [-0.3, -0.25) is 4.79 Å². The van der Waals surface area contributed by atoms with Crippen LogP contribution in [0.3, 0.4) is 0 Å². The number of amides is 1. The molecule has 0 aromatic carbocycles. The topological polar surface area (TPSA) is 80.9 Å². The van der Waals surface area contributed by atoms with E-state index < -0.39 is 5.91 Å². The summed E-state index contributed by atoms with van der Waals surface area (Å²) in [4.78, 5) is 10.9. The predicted octanol–water partition coefficient (Wildman–Crippen LogP) is 1.66. The molecule has 1 aliphatic rings. The molecule has 0 bridgehead atoms. The Morgan fingerprint density at radius 2 is 2.17 bits per heavy atom. The lowest BCUT2D eigenvalue weighted by atomic mass is 9.95. The van der Waals surface area contributed by atoms with Gasteiger partial charge in [-0.25, -0.2) is 0 Å². The molecule has 1 aromatic heterocycles. The molecule has 0 saturated heterocycles. The first-order chi connectivity index (χ1) is 8.70. The summed E-state index contributed by atoms with van der Waals surface area (Å²) in [6, 6.07) is 3.80. The van der Waals surface area contributed by atoms with Gasteiger partial charge in [-0.2, -0.15) is 11.8 Å². The van der Waals surface area contributed by atoms with Crippen molar-refractivity contribution in [2.24, 2.45) is 5.73 Å². The fraction of sp³-hybridized carbons (Fsp3) is 0.583. The zero-order valence-electron chi connectivity index (χ0n) is 10.4. The summed E-state index contributed by atoms with van der Waals surface area (Å²) in [6.07, 6.45) is 7.10. The molecule has 18 heavy (non-hydrogen) atoms. The molecule has 1 heterocycles. The number of thioether (sulfide) groups is 1. The summed E-state index contributed by atoms with van der Waals surface area (Å²) in [7, 11) is 0. The monoisotopic (exact) mass is 266 g/mol. The van der Waals surface area contributed by atoms with Crippen LogP contribution in [0, 0.1) is 0 Å². The van der Waals surface area contributed by atoms with E-state index in [0.717, 1.165) is 6.42 Å². The molecule has 0 aliphatic heterocycles. The molecular weight excluding hydrogens is 248 g/mol. The van der Waals surface area contributed by atoms with E-state index in [1.165, 1.54) is 19.3 Å². The minimum Gasteiger partial charge on any atom is -0.365 e. The first-order valence-electron chi connectivity index (χ1n) is 6.13. The molecule has 0 spiro atoms. The van der Waals surface area contributed by atoms with Crippen molar-refractivity contribution in [1.29, 1.82) is 0 Å². The Bertz CT molecular complexity index is 409. The van der Waals surface area contributed by atoms with Crippen molar-refractivity contribution in [3.05, 3.63) is 17.8 Å². The molecule has 1 aliphatic carbocycles. The van der Waals surface area contributed by atoms with Crippen molar-refractivity contribution in [3.8, 4) is 0 Å². The van der Waals surface area contributed by atoms with E-state index in [2.05, 4.69) is 21.8 Å². The average Bonchev–Trinajstić information content (AvgIpc) is 2.40. The molecule has 6 heteroatoms. The van der Waals surface area contributed by atoms with Gasteiger partial charge in [0, 0.05) is 11.3 Å². The summed E-state index contributed by atoms with van der Waals surface area (Å²) in [5.74, 6) is 0.166. The second-order valence-corrected chi connectivity index (χ2v) is 5.55. The molecule has 5 nitrogen and oxygen atoms in total. The van der Waals surface area contributed by atoms with E-state index in [9.17, 15) is 4.79 Å². The van der Waals surface area contributed by atoms with E-state index in [-0.39, 0.29) is 5.69 Å². The molecule has 98 valence electrons. The van der Waals surface area contributed by atoms with Crippen LogP contribution in [0.15, 0.2) is 12.1 Å². The van der Waals surface area contributed by atoms with Gasteiger partial charge in [0.05, 0.1) is 0 Å². The number of primary amides is 1. The number of nitrogens with two attached hydrogens (primary N) is 1. The van der Waals surface area contributed by atoms with E-state index in [1.807, 2.05) is 11.8 Å². The van der Waals surface area contributed by atoms with Crippen molar-refractivity contribution in [3.63, 3.8) is 0 Å². The summed E-state index contributed by atoms with van der Waals surface area (Å²) in [5.41, 5.74) is 5.33. The number of hydrogen-bond donors (Lipinski definition) is 2. The quantitative estimate of drug-likeness (QED) is 0.866. The van der Waals surface area contributed by atoms with Crippen LogP contribution in [0.5, 0.6) is 0 Å². The van der Waals surface area contributed by atoms with Gasteiger partial charge in [-0.15, -0.1) is 10.2 Å². The molecule has 2 rings (SSSR count). The van der Waals surface area contributed by atoms with E-state index in [4.69, 9.17) is 5.73 Å². The highest BCUT2D eigenvalue weighted by atomic mass is 32.2. The van der Waals surface area contributed by atoms with Crippen LogP contribution in [0.4, 0.5) is 5.82 Å². The number of hydrogen-bond acceptors (Lipinski definition) is 5. The van der Waals surface area contributed by atoms with Crippen molar-refractivity contribution < 1.29 is 4.79 Å². The smallest absolute Gasteiger partial charge is 0.269 e. The Hall–Kier alpha value is -1.30. The number of carbonyl (C=O) groups is 1. The van der Waals surface area contributed by atoms with Crippen LogP contribution in [0.1, 0.15) is 36.2 Å². The van der Waals surface area contributed by atoms with Crippen molar-refractivity contribution in [2.45, 2.75) is 37.0 Å². The van der Waals surface area contributed by atoms with Crippen molar-refractivity contribution >= 4 is 23.5 Å². The van der Waals surface area contributed by atoms with Gasteiger partial charge in [0.15, 0.2) is 5.69 Å². The first-order valence-corrected chi connectivity index (χ1v) is 7.42. The van der Waals surface area contributed by atoms with Crippen LogP contribution in [0.25, 0.3) is 0 Å². The fourth-order valence-electron chi connectivity index (χ4n) is 2.27. The average molecular weight is 266 g/mol. The van der Waals surface area contributed by atoms with Gasteiger partial charge < -0.3 is 11.1 Å². The van der Waals surface area contributed by atoms with Crippen molar-refractivity contribution in [2.75, 3.05) is 11.6 Å². The number of nitrogens with one attached hydrogen (secondary N) is 1. The maximum atomic E-state index is 10.9. The molecule has 1 aromatic rings. The molecule has 0 radical (unpaired) electrons. The van der Waals surface area contributed by atoms with Gasteiger partial charge in [0.25, 0.3) is 5.91 Å². The van der Waals surface area contributed by atoms with Gasteiger partial charge in [-0.05, 0) is 31.2 Å². The summed E-state index contributed by atoms with van der Waals surface area (Å²) in [6.45, 7) is 0. The lowest BCUT2D eigenvalue weighted by Gasteiger charge is -2.31. The van der Waals surface area contributed by atoms with Crippen LogP contribution in [-0.4, -0.2) is 33.7 Å². The van der Waals surface area contributed by atoms with Crippen LogP contribution >= 0.6 is 11.8 Å². The third kappa shape index (κ3) is 3.13. The van der Waals surface area contributed by atoms with Gasteiger partial charge in [0.1, 0.15) is 5.82 Å². The standard InChI is InChI=1S/C12H18N4OS/c1-18-10-5-3-2-4-8(10)14-11-7-6-9(12(13)17)15-16-11/h6-8,10H,2-5H2,1H3,(H2,13,17)(H,14,16). The molecule has 1 amide bonds. The summed E-state index contributed by atoms with van der Waals surface area (Å²) < 4.78 is 0. The van der Waals surface area contributed by atoms with Crippen LogP contribution in [-0.2, 0) is 0 Å². The minimum absolute atomic E-state index is 0.200. The predicted molar refractivity (Wildman–Crippen MR) is 73.7 cm³/mol. The second kappa shape index (κ2) is 6.04. The lowest BCUT2D eigenvalue weighted by molar-refractivity contribution is 0.0994. The maximum absolute atomic E-state index is 10.9. The number of rotatable bonds is 4. The maximum Gasteiger partial charge on any atom is 0.269 e. The molecule has 1 saturated carbocycles.